The van der Waals surface area contributed by atoms with E-state index in [0.717, 1.165) is 11.3 Å². The van der Waals surface area contributed by atoms with Crippen LogP contribution in [0.5, 0.6) is 0 Å². The zero-order valence-electron chi connectivity index (χ0n) is 9.65. The zero-order valence-corrected chi connectivity index (χ0v) is 9.65. The highest BCUT2D eigenvalue weighted by molar-refractivity contribution is 5.47. The summed E-state index contributed by atoms with van der Waals surface area (Å²) >= 11 is 0. The van der Waals surface area contributed by atoms with Crippen molar-refractivity contribution in [1.29, 1.82) is 0 Å². The molecule has 0 aliphatic heterocycles. The summed E-state index contributed by atoms with van der Waals surface area (Å²) in [6.07, 6.45) is 0. The highest BCUT2D eigenvalue weighted by atomic mass is 15.4. The molecule has 0 spiro atoms. The summed E-state index contributed by atoms with van der Waals surface area (Å²) in [5.74, 6) is 0.911. The third-order valence-electron chi connectivity index (χ3n) is 2.44. The van der Waals surface area contributed by atoms with Crippen molar-refractivity contribution in [2.45, 2.75) is 13.8 Å². The minimum atomic E-state index is 0.385. The molecule has 5 nitrogen and oxygen atoms in total. The van der Waals surface area contributed by atoms with Crippen molar-refractivity contribution in [3.8, 4) is 5.69 Å². The van der Waals surface area contributed by atoms with Crippen LogP contribution in [0.2, 0.25) is 0 Å². The molecule has 0 fully saturated rings. The van der Waals surface area contributed by atoms with Crippen LogP contribution < -0.4 is 11.1 Å². The monoisotopic (exact) mass is 217 g/mol. The van der Waals surface area contributed by atoms with Crippen LogP contribution in [-0.2, 0) is 0 Å². The van der Waals surface area contributed by atoms with E-state index in [9.17, 15) is 0 Å². The topological polar surface area (TPSA) is 68.8 Å². The van der Waals surface area contributed by atoms with E-state index in [4.69, 9.17) is 5.73 Å². The molecule has 0 aliphatic rings. The number of rotatable bonds is 2. The van der Waals surface area contributed by atoms with E-state index in [0.29, 0.717) is 11.9 Å². The summed E-state index contributed by atoms with van der Waals surface area (Å²) in [7, 11) is 1.76. The van der Waals surface area contributed by atoms with E-state index in [-0.39, 0.29) is 0 Å². The van der Waals surface area contributed by atoms with Crippen molar-refractivity contribution in [3.63, 3.8) is 0 Å². The highest BCUT2D eigenvalue weighted by Crippen LogP contribution is 2.18. The molecule has 2 rings (SSSR count). The van der Waals surface area contributed by atoms with Gasteiger partial charge in [-0.25, -0.2) is 0 Å². The molecular weight excluding hydrogens is 202 g/mol. The van der Waals surface area contributed by atoms with Crippen LogP contribution in [0.3, 0.4) is 0 Å². The Morgan fingerprint density at radius 1 is 1.31 bits per heavy atom. The fraction of sp³-hybridized carbons (Fsp3) is 0.273. The van der Waals surface area contributed by atoms with Gasteiger partial charge < -0.3 is 11.1 Å². The lowest BCUT2D eigenvalue weighted by Gasteiger charge is -2.07. The number of anilines is 2. The van der Waals surface area contributed by atoms with E-state index < -0.39 is 0 Å². The average molecular weight is 217 g/mol. The molecule has 1 heterocycles. The highest BCUT2D eigenvalue weighted by Gasteiger charge is 2.09. The van der Waals surface area contributed by atoms with Gasteiger partial charge in [-0.05, 0) is 25.5 Å². The summed E-state index contributed by atoms with van der Waals surface area (Å²) in [4.78, 5) is 4.09. The van der Waals surface area contributed by atoms with Crippen molar-refractivity contribution >= 4 is 11.9 Å². The lowest BCUT2D eigenvalue weighted by molar-refractivity contribution is 0.884. The van der Waals surface area contributed by atoms with Gasteiger partial charge in [0.1, 0.15) is 0 Å². The first-order valence-corrected chi connectivity index (χ1v) is 5.09. The van der Waals surface area contributed by atoms with E-state index in [2.05, 4.69) is 28.4 Å². The molecule has 3 N–H and O–H groups in total. The molecule has 1 aromatic heterocycles. The Bertz CT molecular complexity index is 515. The number of nitrogen functional groups attached to an aromatic ring is 1. The molecule has 0 amide bonds. The van der Waals surface area contributed by atoms with Gasteiger partial charge in [0.15, 0.2) is 0 Å². The van der Waals surface area contributed by atoms with E-state index >= 15 is 0 Å². The van der Waals surface area contributed by atoms with Crippen molar-refractivity contribution < 1.29 is 0 Å². The molecule has 0 saturated heterocycles. The summed E-state index contributed by atoms with van der Waals surface area (Å²) in [6, 6.07) is 6.12. The molecular formula is C11H15N5. The van der Waals surface area contributed by atoms with Gasteiger partial charge in [-0.2, -0.15) is 9.67 Å². The predicted molar refractivity (Wildman–Crippen MR) is 64.8 cm³/mol. The van der Waals surface area contributed by atoms with Crippen LogP contribution in [0.25, 0.3) is 5.69 Å². The maximum atomic E-state index is 5.81. The van der Waals surface area contributed by atoms with Crippen LogP contribution in [0.4, 0.5) is 11.9 Å². The van der Waals surface area contributed by atoms with Gasteiger partial charge in [0.2, 0.25) is 11.9 Å². The van der Waals surface area contributed by atoms with Gasteiger partial charge in [-0.15, -0.1) is 5.10 Å². The molecule has 0 unspecified atom stereocenters. The fourth-order valence-electron chi connectivity index (χ4n) is 1.65. The first-order valence-electron chi connectivity index (χ1n) is 5.09. The van der Waals surface area contributed by atoms with Crippen LogP contribution in [0.1, 0.15) is 11.1 Å². The Labute approximate surface area is 94.3 Å². The molecule has 2 aromatic rings. The minimum Gasteiger partial charge on any atom is -0.368 e. The molecule has 0 aliphatic carbocycles. The zero-order chi connectivity index (χ0) is 11.7. The number of nitrogens with two attached hydrogens (primary N) is 1. The van der Waals surface area contributed by atoms with Gasteiger partial charge in [0.05, 0.1) is 5.69 Å². The Balaban J connectivity index is 2.53. The van der Waals surface area contributed by atoms with Crippen LogP contribution in [-0.4, -0.2) is 21.8 Å². The second-order valence-electron chi connectivity index (χ2n) is 3.75. The van der Waals surface area contributed by atoms with Gasteiger partial charge >= 0.3 is 0 Å². The van der Waals surface area contributed by atoms with Gasteiger partial charge in [0.25, 0.3) is 0 Å². The third kappa shape index (κ3) is 1.71. The summed E-state index contributed by atoms with van der Waals surface area (Å²) in [5, 5.41) is 7.12. The van der Waals surface area contributed by atoms with Crippen molar-refractivity contribution in [3.05, 3.63) is 29.3 Å². The first kappa shape index (κ1) is 10.5. The Kier molecular flexibility index (Phi) is 2.52. The normalized spacial score (nSPS) is 10.4. The van der Waals surface area contributed by atoms with Crippen molar-refractivity contribution in [2.24, 2.45) is 0 Å². The average Bonchev–Trinajstić information content (AvgIpc) is 2.60. The molecule has 0 atom stereocenters. The first-order chi connectivity index (χ1) is 7.61. The van der Waals surface area contributed by atoms with E-state index in [1.807, 2.05) is 19.1 Å². The molecule has 0 bridgehead atoms. The maximum absolute atomic E-state index is 5.81. The van der Waals surface area contributed by atoms with Gasteiger partial charge in [-0.1, -0.05) is 17.7 Å². The number of aryl methyl sites for hydroxylation is 2. The van der Waals surface area contributed by atoms with Crippen LogP contribution in [0, 0.1) is 13.8 Å². The number of benzene rings is 1. The lowest BCUT2D eigenvalue weighted by atomic mass is 10.1. The molecule has 0 saturated carbocycles. The molecule has 84 valence electrons. The smallest absolute Gasteiger partial charge is 0.244 e. The summed E-state index contributed by atoms with van der Waals surface area (Å²) < 4.78 is 1.64. The van der Waals surface area contributed by atoms with E-state index in [1.165, 1.54) is 5.56 Å². The Morgan fingerprint density at radius 3 is 2.62 bits per heavy atom. The number of aromatic nitrogens is 3. The SMILES string of the molecule is CNc1nc(N)n(-c2ccc(C)cc2C)n1. The fourth-order valence-corrected chi connectivity index (χ4v) is 1.65. The third-order valence-corrected chi connectivity index (χ3v) is 2.44. The van der Waals surface area contributed by atoms with Gasteiger partial charge in [-0.3, -0.25) is 0 Å². The number of nitrogens with zero attached hydrogens (tertiary/aromatic N) is 3. The minimum absolute atomic E-state index is 0.385. The number of nitrogens with one attached hydrogen (secondary N) is 1. The van der Waals surface area contributed by atoms with Crippen molar-refractivity contribution in [2.75, 3.05) is 18.1 Å². The molecule has 5 heteroatoms. The van der Waals surface area contributed by atoms with Crippen molar-refractivity contribution in [1.82, 2.24) is 14.8 Å². The van der Waals surface area contributed by atoms with Gasteiger partial charge in [0, 0.05) is 7.05 Å². The van der Waals surface area contributed by atoms with Crippen LogP contribution in [0.15, 0.2) is 18.2 Å². The quantitative estimate of drug-likeness (QED) is 0.800. The molecule has 0 radical (unpaired) electrons. The van der Waals surface area contributed by atoms with E-state index in [1.54, 1.807) is 11.7 Å². The van der Waals surface area contributed by atoms with Crippen LogP contribution >= 0.6 is 0 Å². The largest absolute Gasteiger partial charge is 0.368 e. The standard InChI is InChI=1S/C11H15N5/c1-7-4-5-9(8(2)6-7)16-10(12)14-11(13-3)15-16/h4-6H,1-3H3,(H3,12,13,14,15). The summed E-state index contributed by atoms with van der Waals surface area (Å²) in [5.41, 5.74) is 9.10. The lowest BCUT2D eigenvalue weighted by Crippen LogP contribution is -2.04. The summed E-state index contributed by atoms with van der Waals surface area (Å²) in [6.45, 7) is 4.09. The second kappa shape index (κ2) is 3.84. The Hall–Kier alpha value is -2.04. The second-order valence-corrected chi connectivity index (χ2v) is 3.75. The number of hydrogen-bond acceptors (Lipinski definition) is 4. The predicted octanol–water partition coefficient (Wildman–Crippen LogP) is 1.51. The molecule has 16 heavy (non-hydrogen) atoms. The maximum Gasteiger partial charge on any atom is 0.244 e. The molecule has 1 aromatic carbocycles. The Morgan fingerprint density at radius 2 is 2.06 bits per heavy atom. The number of hydrogen-bond donors (Lipinski definition) is 2.